The molecule has 222 valence electrons. The highest BCUT2D eigenvalue weighted by atomic mass is 16.5. The van der Waals surface area contributed by atoms with Crippen LogP contribution in [0.2, 0.25) is 0 Å². The Bertz CT molecular complexity index is 1360. The summed E-state index contributed by atoms with van der Waals surface area (Å²) in [5.41, 5.74) is 5.65. The van der Waals surface area contributed by atoms with E-state index in [4.69, 9.17) is 30.6 Å². The fourth-order valence-corrected chi connectivity index (χ4v) is 4.51. The molecule has 0 aliphatic carbocycles. The second-order valence-electron chi connectivity index (χ2n) is 10.0. The van der Waals surface area contributed by atoms with Gasteiger partial charge >= 0.3 is 0 Å². The average molecular weight is 578 g/mol. The Morgan fingerprint density at radius 1 is 0.558 bits per heavy atom. The maximum atomic E-state index is 9.05. The number of hydrogen-bond donors (Lipinski definition) is 0. The van der Waals surface area contributed by atoms with Gasteiger partial charge in [-0.2, -0.15) is 5.26 Å². The molecule has 0 radical (unpaired) electrons. The molecule has 0 amide bonds. The van der Waals surface area contributed by atoms with Gasteiger partial charge in [-0.3, -0.25) is 4.90 Å². The zero-order chi connectivity index (χ0) is 30.0. The first-order valence-electron chi connectivity index (χ1n) is 14.7. The van der Waals surface area contributed by atoms with Crippen LogP contribution in [0.5, 0.6) is 0 Å². The molecule has 0 unspecified atom stereocenters. The van der Waals surface area contributed by atoms with Crippen LogP contribution in [0, 0.1) is 35.5 Å². The maximum Gasteiger partial charge on any atom is 0.0991 e. The molecule has 3 aromatic carbocycles. The first kappa shape index (κ1) is 31.8. The summed E-state index contributed by atoms with van der Waals surface area (Å²) in [7, 11) is 0. The van der Waals surface area contributed by atoms with Crippen LogP contribution in [0.4, 0.5) is 5.69 Å². The molecule has 0 bridgehead atoms. The number of rotatable bonds is 3. The summed E-state index contributed by atoms with van der Waals surface area (Å²) in [6.07, 6.45) is 5.43. The van der Waals surface area contributed by atoms with Gasteiger partial charge in [0.25, 0.3) is 0 Å². The monoisotopic (exact) mass is 577 g/mol. The van der Waals surface area contributed by atoms with Crippen molar-refractivity contribution in [1.29, 1.82) is 5.26 Å². The van der Waals surface area contributed by atoms with Crippen molar-refractivity contribution in [3.8, 4) is 30.3 Å². The molecule has 1 heterocycles. The molecule has 7 nitrogen and oxygen atoms in total. The number of ether oxygens (including phenoxy) is 4. The summed E-state index contributed by atoms with van der Waals surface area (Å²) in [5.74, 6) is 9.04. The van der Waals surface area contributed by atoms with Crippen LogP contribution >= 0.6 is 0 Å². The largest absolute Gasteiger partial charge is 0.378 e. The molecule has 1 fully saturated rings. The molecule has 1 aliphatic rings. The lowest BCUT2D eigenvalue weighted by molar-refractivity contribution is 0.0211. The summed E-state index contributed by atoms with van der Waals surface area (Å²) < 4.78 is 23.5. The van der Waals surface area contributed by atoms with Gasteiger partial charge in [-0.15, -0.1) is 6.42 Å². The highest BCUT2D eigenvalue weighted by Crippen LogP contribution is 2.15. The van der Waals surface area contributed by atoms with E-state index < -0.39 is 0 Å². The van der Waals surface area contributed by atoms with Crippen molar-refractivity contribution in [2.75, 3.05) is 83.9 Å². The molecule has 0 aromatic heterocycles. The van der Waals surface area contributed by atoms with Gasteiger partial charge in [-0.05, 0) is 66.2 Å². The predicted molar refractivity (Wildman–Crippen MR) is 169 cm³/mol. The van der Waals surface area contributed by atoms with Gasteiger partial charge in [0, 0.05) is 55.1 Å². The Morgan fingerprint density at radius 2 is 1.00 bits per heavy atom. The third-order valence-electron chi connectivity index (χ3n) is 6.98. The molecule has 0 saturated carbocycles. The van der Waals surface area contributed by atoms with Gasteiger partial charge in [0.05, 0.1) is 64.5 Å². The molecule has 1 saturated heterocycles. The van der Waals surface area contributed by atoms with Crippen molar-refractivity contribution in [3.63, 3.8) is 0 Å². The van der Waals surface area contributed by atoms with E-state index in [0.717, 1.165) is 60.7 Å². The first-order chi connectivity index (χ1) is 21.2. The van der Waals surface area contributed by atoms with Crippen molar-refractivity contribution < 1.29 is 18.9 Å². The number of nitriles is 1. The van der Waals surface area contributed by atoms with E-state index in [0.29, 0.717) is 58.4 Å². The van der Waals surface area contributed by atoms with Crippen molar-refractivity contribution >= 4 is 5.69 Å². The maximum absolute atomic E-state index is 9.05. The lowest BCUT2D eigenvalue weighted by Gasteiger charge is -2.25. The molecule has 0 N–H and O–H groups in total. The number of nitrogens with zero attached hydrogens (tertiary/aromatic N) is 3. The molecule has 0 atom stereocenters. The minimum Gasteiger partial charge on any atom is -0.378 e. The van der Waals surface area contributed by atoms with E-state index in [1.807, 2.05) is 60.7 Å². The van der Waals surface area contributed by atoms with E-state index in [1.54, 1.807) is 0 Å². The summed E-state index contributed by atoms with van der Waals surface area (Å²) in [4.78, 5) is 4.57. The van der Waals surface area contributed by atoms with Crippen LogP contribution in [0.1, 0.15) is 27.8 Å². The van der Waals surface area contributed by atoms with Crippen molar-refractivity contribution in [1.82, 2.24) is 4.90 Å². The van der Waals surface area contributed by atoms with E-state index in [9.17, 15) is 0 Å². The Hall–Kier alpha value is -4.13. The highest BCUT2D eigenvalue weighted by molar-refractivity contribution is 5.52. The SMILES string of the molecule is C#Cc1ccc(C#Cc2ccc(N3CCOCCOCCN(Cc4ccc(C#N)cc4)CCOCCOCC3)cc2)cc1. The minimum absolute atomic E-state index is 0.542. The quantitative estimate of drug-likeness (QED) is 0.430. The van der Waals surface area contributed by atoms with Crippen LogP contribution in [0.15, 0.2) is 72.8 Å². The van der Waals surface area contributed by atoms with Crippen molar-refractivity contribution in [3.05, 3.63) is 101 Å². The van der Waals surface area contributed by atoms with E-state index >= 15 is 0 Å². The fraction of sp³-hybridized carbons (Fsp3) is 0.361. The Morgan fingerprint density at radius 3 is 1.49 bits per heavy atom. The minimum atomic E-state index is 0.542. The third kappa shape index (κ3) is 11.6. The molecule has 43 heavy (non-hydrogen) atoms. The molecular formula is C36H39N3O4. The topological polar surface area (TPSA) is 67.2 Å². The standard InChI is InChI=1S/C36H39N3O4/c1-2-31-3-5-32(6-4-31)7-8-33-13-15-36(16-14-33)39-19-23-42-27-25-40-21-17-38(18-22-41-26-28-43-24-20-39)30-35-11-9-34(29-37)10-12-35/h1,3-6,9-16H,17-28,30H2. The normalized spacial score (nSPS) is 16.5. The predicted octanol–water partition coefficient (Wildman–Crippen LogP) is 4.33. The zero-order valence-electron chi connectivity index (χ0n) is 24.7. The number of benzene rings is 3. The lowest BCUT2D eigenvalue weighted by atomic mass is 10.1. The van der Waals surface area contributed by atoms with Crippen LogP contribution in [-0.2, 0) is 25.5 Å². The van der Waals surface area contributed by atoms with E-state index in [-0.39, 0.29) is 0 Å². The summed E-state index contributed by atoms with van der Waals surface area (Å²) in [6.45, 7) is 8.40. The van der Waals surface area contributed by atoms with Gasteiger partial charge < -0.3 is 23.8 Å². The van der Waals surface area contributed by atoms with Crippen molar-refractivity contribution in [2.24, 2.45) is 0 Å². The molecule has 7 heteroatoms. The number of anilines is 1. The zero-order valence-corrected chi connectivity index (χ0v) is 24.7. The van der Waals surface area contributed by atoms with Crippen LogP contribution in [-0.4, -0.2) is 83.9 Å². The van der Waals surface area contributed by atoms with Crippen LogP contribution in [0.3, 0.4) is 0 Å². The van der Waals surface area contributed by atoms with Gasteiger partial charge in [0.1, 0.15) is 0 Å². The average Bonchev–Trinajstić information content (AvgIpc) is 3.05. The van der Waals surface area contributed by atoms with Crippen LogP contribution < -0.4 is 4.90 Å². The van der Waals surface area contributed by atoms with Gasteiger partial charge in [0.2, 0.25) is 0 Å². The number of terminal acetylenes is 1. The third-order valence-corrected chi connectivity index (χ3v) is 6.98. The Balaban J connectivity index is 1.26. The second kappa shape index (κ2) is 18.4. The summed E-state index contributed by atoms with van der Waals surface area (Å²) in [5, 5.41) is 9.05. The van der Waals surface area contributed by atoms with Gasteiger partial charge in [0.15, 0.2) is 0 Å². The summed E-state index contributed by atoms with van der Waals surface area (Å²) >= 11 is 0. The molecule has 3 aromatic rings. The Kier molecular flexibility index (Phi) is 13.6. The van der Waals surface area contributed by atoms with Crippen molar-refractivity contribution in [2.45, 2.75) is 6.54 Å². The molecular weight excluding hydrogens is 538 g/mol. The summed E-state index contributed by atoms with van der Waals surface area (Å²) in [6, 6.07) is 25.8. The molecule has 1 aliphatic heterocycles. The first-order valence-corrected chi connectivity index (χ1v) is 14.7. The smallest absolute Gasteiger partial charge is 0.0991 e. The molecule has 0 spiro atoms. The fourth-order valence-electron chi connectivity index (χ4n) is 4.51. The highest BCUT2D eigenvalue weighted by Gasteiger charge is 2.09. The van der Waals surface area contributed by atoms with E-state index in [2.05, 4.69) is 45.8 Å². The van der Waals surface area contributed by atoms with Gasteiger partial charge in [-0.1, -0.05) is 29.9 Å². The van der Waals surface area contributed by atoms with E-state index in [1.165, 1.54) is 0 Å². The second-order valence-corrected chi connectivity index (χ2v) is 10.0. The molecule has 4 rings (SSSR count). The van der Waals surface area contributed by atoms with Gasteiger partial charge in [-0.25, -0.2) is 0 Å². The number of hydrogen-bond acceptors (Lipinski definition) is 7. The van der Waals surface area contributed by atoms with Crippen LogP contribution in [0.25, 0.3) is 0 Å². The Labute approximate surface area is 255 Å². The lowest BCUT2D eigenvalue weighted by Crippen LogP contribution is -2.33.